The molecule has 2 N–H and O–H groups in total. The quantitative estimate of drug-likeness (QED) is 0.673. The summed E-state index contributed by atoms with van der Waals surface area (Å²) >= 11 is 0. The van der Waals surface area contributed by atoms with E-state index in [1.807, 2.05) is 0 Å². The van der Waals surface area contributed by atoms with E-state index >= 15 is 0 Å². The molecule has 0 aromatic heterocycles. The van der Waals surface area contributed by atoms with Gasteiger partial charge in [-0.25, -0.2) is 0 Å². The fourth-order valence-electron chi connectivity index (χ4n) is 1.76. The summed E-state index contributed by atoms with van der Waals surface area (Å²) in [5.74, 6) is -1.57. The van der Waals surface area contributed by atoms with Crippen molar-refractivity contribution < 1.29 is 27.9 Å². The van der Waals surface area contributed by atoms with Crippen LogP contribution in [0, 0.1) is 5.41 Å². The van der Waals surface area contributed by atoms with E-state index in [2.05, 4.69) is 5.32 Å². The van der Waals surface area contributed by atoms with Gasteiger partial charge in [-0.1, -0.05) is 13.8 Å². The number of hydrogen-bond donors (Lipinski definition) is 2. The molecule has 0 aromatic rings. The van der Waals surface area contributed by atoms with Gasteiger partial charge in [0.05, 0.1) is 5.41 Å². The Hall–Kier alpha value is -1.27. The maximum atomic E-state index is 11.9. The van der Waals surface area contributed by atoms with E-state index in [4.69, 9.17) is 5.11 Å². The molecule has 0 bridgehead atoms. The molecular formula is C12H20F3NO3. The van der Waals surface area contributed by atoms with E-state index in [0.29, 0.717) is 12.8 Å². The number of carboxylic acids is 1. The van der Waals surface area contributed by atoms with Gasteiger partial charge in [-0.2, -0.15) is 13.2 Å². The van der Waals surface area contributed by atoms with Crippen LogP contribution in [-0.4, -0.2) is 29.7 Å². The van der Waals surface area contributed by atoms with Gasteiger partial charge in [-0.15, -0.1) is 0 Å². The molecule has 0 saturated carbocycles. The summed E-state index contributed by atoms with van der Waals surface area (Å²) in [5, 5.41) is 11.5. The lowest BCUT2D eigenvalue weighted by atomic mass is 9.79. The molecule has 0 aliphatic heterocycles. The first-order valence-corrected chi connectivity index (χ1v) is 6.23. The van der Waals surface area contributed by atoms with Crippen LogP contribution in [0.1, 0.15) is 46.0 Å². The highest BCUT2D eigenvalue weighted by atomic mass is 19.4. The molecule has 0 spiro atoms. The Kier molecular flexibility index (Phi) is 6.86. The Morgan fingerprint density at radius 2 is 1.68 bits per heavy atom. The monoisotopic (exact) mass is 283 g/mol. The van der Waals surface area contributed by atoms with E-state index in [-0.39, 0.29) is 19.4 Å². The predicted octanol–water partition coefficient (Wildman–Crippen LogP) is 2.73. The number of carbonyl (C=O) groups excluding carboxylic acids is 1. The predicted molar refractivity (Wildman–Crippen MR) is 63.6 cm³/mol. The van der Waals surface area contributed by atoms with Crippen LogP contribution in [0.4, 0.5) is 13.2 Å². The second kappa shape index (κ2) is 7.35. The molecule has 0 heterocycles. The Morgan fingerprint density at radius 3 is 2.05 bits per heavy atom. The normalized spacial score (nSPS) is 12.3. The Labute approximate surface area is 110 Å². The first-order valence-electron chi connectivity index (χ1n) is 6.23. The highest BCUT2D eigenvalue weighted by Crippen LogP contribution is 2.30. The molecule has 0 saturated heterocycles. The molecule has 0 atom stereocenters. The van der Waals surface area contributed by atoms with Crippen LogP contribution in [0.3, 0.4) is 0 Å². The SMILES string of the molecule is CCC(CC)(CC(=O)NCCCC(F)(F)F)C(=O)O. The van der Waals surface area contributed by atoms with Crippen molar-refractivity contribution in [2.75, 3.05) is 6.54 Å². The zero-order valence-electron chi connectivity index (χ0n) is 11.1. The van der Waals surface area contributed by atoms with Crippen molar-refractivity contribution in [1.82, 2.24) is 5.32 Å². The van der Waals surface area contributed by atoms with E-state index in [1.165, 1.54) is 0 Å². The maximum absolute atomic E-state index is 11.9. The van der Waals surface area contributed by atoms with E-state index in [0.717, 1.165) is 0 Å². The van der Waals surface area contributed by atoms with Gasteiger partial charge in [0.2, 0.25) is 5.91 Å². The number of nitrogens with one attached hydrogen (secondary N) is 1. The summed E-state index contributed by atoms with van der Waals surface area (Å²) in [6.07, 6.45) is -5.00. The number of alkyl halides is 3. The number of carbonyl (C=O) groups is 2. The van der Waals surface area contributed by atoms with Gasteiger partial charge in [0.1, 0.15) is 0 Å². The van der Waals surface area contributed by atoms with Gasteiger partial charge < -0.3 is 10.4 Å². The summed E-state index contributed by atoms with van der Waals surface area (Å²) in [5.41, 5.74) is -1.13. The average molecular weight is 283 g/mol. The third-order valence-corrected chi connectivity index (χ3v) is 3.27. The van der Waals surface area contributed by atoms with Crippen LogP contribution in [-0.2, 0) is 9.59 Å². The standard InChI is InChI=1S/C12H20F3NO3/c1-3-11(4-2,10(18)19)8-9(17)16-7-5-6-12(13,14)15/h3-8H2,1-2H3,(H,16,17)(H,18,19). The number of carboxylic acid groups (broad SMARTS) is 1. The highest BCUT2D eigenvalue weighted by Gasteiger charge is 2.37. The lowest BCUT2D eigenvalue weighted by Crippen LogP contribution is -2.37. The average Bonchev–Trinajstić information content (AvgIpc) is 2.30. The van der Waals surface area contributed by atoms with Gasteiger partial charge in [0, 0.05) is 19.4 Å². The smallest absolute Gasteiger partial charge is 0.389 e. The van der Waals surface area contributed by atoms with E-state index < -0.39 is 29.9 Å². The topological polar surface area (TPSA) is 66.4 Å². The van der Waals surface area contributed by atoms with Crippen molar-refractivity contribution in [2.24, 2.45) is 5.41 Å². The van der Waals surface area contributed by atoms with E-state index in [9.17, 15) is 22.8 Å². The van der Waals surface area contributed by atoms with Crippen molar-refractivity contribution >= 4 is 11.9 Å². The van der Waals surface area contributed by atoms with Crippen molar-refractivity contribution in [3.05, 3.63) is 0 Å². The highest BCUT2D eigenvalue weighted by molar-refractivity contribution is 5.84. The molecule has 0 rings (SSSR count). The number of hydrogen-bond acceptors (Lipinski definition) is 2. The van der Waals surface area contributed by atoms with Crippen LogP contribution in [0.15, 0.2) is 0 Å². The van der Waals surface area contributed by atoms with Crippen molar-refractivity contribution in [3.8, 4) is 0 Å². The van der Waals surface area contributed by atoms with Crippen LogP contribution in [0.2, 0.25) is 0 Å². The molecule has 0 radical (unpaired) electrons. The summed E-state index contributed by atoms with van der Waals surface area (Å²) in [6.45, 7) is 3.25. The fraction of sp³-hybridized carbons (Fsp3) is 0.833. The lowest BCUT2D eigenvalue weighted by molar-refractivity contribution is -0.152. The van der Waals surface area contributed by atoms with Crippen molar-refractivity contribution in [3.63, 3.8) is 0 Å². The van der Waals surface area contributed by atoms with Crippen molar-refractivity contribution in [1.29, 1.82) is 0 Å². The van der Waals surface area contributed by atoms with E-state index in [1.54, 1.807) is 13.8 Å². The van der Waals surface area contributed by atoms with Gasteiger partial charge in [0.25, 0.3) is 0 Å². The summed E-state index contributed by atoms with van der Waals surface area (Å²) in [6, 6.07) is 0. The maximum Gasteiger partial charge on any atom is 0.389 e. The van der Waals surface area contributed by atoms with Gasteiger partial charge in [-0.05, 0) is 19.3 Å². The second-order valence-electron chi connectivity index (χ2n) is 4.54. The molecule has 0 aromatic carbocycles. The Morgan fingerprint density at radius 1 is 1.16 bits per heavy atom. The van der Waals surface area contributed by atoms with Crippen molar-refractivity contribution in [2.45, 2.75) is 52.1 Å². The first-order chi connectivity index (χ1) is 8.67. The molecule has 0 unspecified atom stereocenters. The van der Waals surface area contributed by atoms with Gasteiger partial charge >= 0.3 is 12.1 Å². The summed E-state index contributed by atoms with van der Waals surface area (Å²) in [4.78, 5) is 22.7. The number of aliphatic carboxylic acids is 1. The zero-order valence-corrected chi connectivity index (χ0v) is 11.1. The number of halogens is 3. The largest absolute Gasteiger partial charge is 0.481 e. The molecular weight excluding hydrogens is 263 g/mol. The van der Waals surface area contributed by atoms with Gasteiger partial charge in [-0.3, -0.25) is 9.59 Å². The Balaban J connectivity index is 4.19. The minimum atomic E-state index is -4.23. The van der Waals surface area contributed by atoms with Crippen LogP contribution < -0.4 is 5.32 Å². The molecule has 112 valence electrons. The molecule has 7 heteroatoms. The molecule has 0 fully saturated rings. The number of amides is 1. The third-order valence-electron chi connectivity index (χ3n) is 3.27. The molecule has 4 nitrogen and oxygen atoms in total. The van der Waals surface area contributed by atoms with Crippen LogP contribution >= 0.6 is 0 Å². The minimum Gasteiger partial charge on any atom is -0.481 e. The van der Waals surface area contributed by atoms with Crippen LogP contribution in [0.25, 0.3) is 0 Å². The second-order valence-corrected chi connectivity index (χ2v) is 4.54. The minimum absolute atomic E-state index is 0.0958. The molecule has 19 heavy (non-hydrogen) atoms. The lowest BCUT2D eigenvalue weighted by Gasteiger charge is -2.25. The zero-order chi connectivity index (χ0) is 15.1. The van der Waals surface area contributed by atoms with Gasteiger partial charge in [0.15, 0.2) is 0 Å². The summed E-state index contributed by atoms with van der Waals surface area (Å²) in [7, 11) is 0. The molecule has 0 aliphatic carbocycles. The fourth-order valence-corrected chi connectivity index (χ4v) is 1.76. The third kappa shape index (κ3) is 6.45. The summed E-state index contributed by atoms with van der Waals surface area (Å²) < 4.78 is 35.6. The van der Waals surface area contributed by atoms with Crippen LogP contribution in [0.5, 0.6) is 0 Å². The first kappa shape index (κ1) is 17.7. The molecule has 0 aliphatic rings. The molecule has 1 amide bonds. The number of rotatable bonds is 8. The Bertz CT molecular complexity index is 312.